The number of hydrogen-bond donors (Lipinski definition) is 0. The van der Waals surface area contributed by atoms with E-state index in [4.69, 9.17) is 14.2 Å². The summed E-state index contributed by atoms with van der Waals surface area (Å²) in [5, 5.41) is 0. The summed E-state index contributed by atoms with van der Waals surface area (Å²) in [7, 11) is 0. The van der Waals surface area contributed by atoms with Crippen molar-refractivity contribution in [2.75, 3.05) is 6.61 Å². The van der Waals surface area contributed by atoms with E-state index in [9.17, 15) is 14.4 Å². The molecule has 0 radical (unpaired) electrons. The lowest BCUT2D eigenvalue weighted by Crippen LogP contribution is -2.07. The van der Waals surface area contributed by atoms with Gasteiger partial charge in [-0.2, -0.15) is 0 Å². The van der Waals surface area contributed by atoms with Crippen LogP contribution in [0.1, 0.15) is 26.3 Å². The van der Waals surface area contributed by atoms with Crippen LogP contribution in [0.25, 0.3) is 0 Å². The maximum Gasteiger partial charge on any atom is 0.308 e. The van der Waals surface area contributed by atoms with Crippen molar-refractivity contribution in [3.63, 3.8) is 0 Å². The average molecular weight is 280 g/mol. The molecule has 0 saturated heterocycles. The maximum absolute atomic E-state index is 11.0. The number of rotatable bonds is 5. The first kappa shape index (κ1) is 15.7. The molecule has 0 amide bonds. The van der Waals surface area contributed by atoms with Crippen molar-refractivity contribution in [2.24, 2.45) is 0 Å². The van der Waals surface area contributed by atoms with Gasteiger partial charge < -0.3 is 14.2 Å². The van der Waals surface area contributed by atoms with Crippen molar-refractivity contribution in [1.29, 1.82) is 0 Å². The number of ether oxygens (including phenoxy) is 3. The lowest BCUT2D eigenvalue weighted by Gasteiger charge is -2.09. The molecular weight excluding hydrogens is 264 g/mol. The summed E-state index contributed by atoms with van der Waals surface area (Å²) in [6.45, 7) is 4.06. The molecular formula is C14H16O6. The van der Waals surface area contributed by atoms with Gasteiger partial charge in [-0.15, -0.1) is 0 Å². The molecule has 0 bridgehead atoms. The van der Waals surface area contributed by atoms with Gasteiger partial charge in [-0.25, -0.2) is 0 Å². The fourth-order valence-corrected chi connectivity index (χ4v) is 1.54. The van der Waals surface area contributed by atoms with Crippen LogP contribution in [0.5, 0.6) is 11.5 Å². The maximum atomic E-state index is 11.0. The summed E-state index contributed by atoms with van der Waals surface area (Å²) in [6.07, 6.45) is 0.420. The summed E-state index contributed by atoms with van der Waals surface area (Å²) in [4.78, 5) is 32.6. The van der Waals surface area contributed by atoms with Crippen molar-refractivity contribution >= 4 is 17.9 Å². The Morgan fingerprint density at radius 3 is 1.75 bits per heavy atom. The largest absolute Gasteiger partial charge is 0.466 e. The predicted molar refractivity (Wildman–Crippen MR) is 69.4 cm³/mol. The second-order valence-corrected chi connectivity index (χ2v) is 4.09. The van der Waals surface area contributed by atoms with Gasteiger partial charge in [-0.1, -0.05) is 0 Å². The van der Waals surface area contributed by atoms with Crippen molar-refractivity contribution in [3.8, 4) is 11.5 Å². The molecule has 0 unspecified atom stereocenters. The van der Waals surface area contributed by atoms with Crippen molar-refractivity contribution in [3.05, 3.63) is 23.8 Å². The van der Waals surface area contributed by atoms with Gasteiger partial charge in [0.15, 0.2) is 0 Å². The number of carbonyl (C=O) groups is 3. The summed E-state index contributed by atoms with van der Waals surface area (Å²) < 4.78 is 14.8. The third-order valence-corrected chi connectivity index (χ3v) is 2.16. The fraction of sp³-hybridized carbons (Fsp3) is 0.357. The molecule has 0 aliphatic carbocycles. The van der Waals surface area contributed by atoms with E-state index in [0.29, 0.717) is 6.42 Å². The van der Waals surface area contributed by atoms with E-state index in [1.165, 1.54) is 26.8 Å². The van der Waals surface area contributed by atoms with Crippen LogP contribution in [0, 0.1) is 0 Å². The third-order valence-electron chi connectivity index (χ3n) is 2.16. The van der Waals surface area contributed by atoms with E-state index in [1.807, 2.05) is 0 Å². The summed E-state index contributed by atoms with van der Waals surface area (Å²) in [6, 6.07) is 4.69. The zero-order chi connectivity index (χ0) is 15.1. The van der Waals surface area contributed by atoms with Crippen LogP contribution in [0.15, 0.2) is 18.2 Å². The van der Waals surface area contributed by atoms with Crippen molar-refractivity contribution in [1.82, 2.24) is 0 Å². The van der Waals surface area contributed by atoms with Crippen LogP contribution in [-0.2, 0) is 25.5 Å². The highest BCUT2D eigenvalue weighted by Gasteiger charge is 2.07. The van der Waals surface area contributed by atoms with E-state index in [-0.39, 0.29) is 24.1 Å². The highest BCUT2D eigenvalue weighted by atomic mass is 16.5. The summed E-state index contributed by atoms with van der Waals surface area (Å²) in [5.74, 6) is -0.781. The minimum absolute atomic E-state index is 0.193. The molecule has 0 spiro atoms. The van der Waals surface area contributed by atoms with Gasteiger partial charge >= 0.3 is 17.9 Å². The number of hydrogen-bond acceptors (Lipinski definition) is 6. The monoisotopic (exact) mass is 280 g/mol. The van der Waals surface area contributed by atoms with E-state index < -0.39 is 11.9 Å². The van der Waals surface area contributed by atoms with Crippen LogP contribution in [0.2, 0.25) is 0 Å². The Morgan fingerprint density at radius 2 is 1.35 bits per heavy atom. The molecule has 0 heterocycles. The SMILES string of the molecule is CC(=O)OCCc1cc(OC(C)=O)cc(OC(C)=O)c1. The van der Waals surface area contributed by atoms with Crippen LogP contribution < -0.4 is 9.47 Å². The van der Waals surface area contributed by atoms with Crippen LogP contribution in [0.3, 0.4) is 0 Å². The lowest BCUT2D eigenvalue weighted by atomic mass is 10.1. The normalized spacial score (nSPS) is 9.75. The van der Waals surface area contributed by atoms with Crippen LogP contribution in [0.4, 0.5) is 0 Å². The first-order valence-electron chi connectivity index (χ1n) is 6.01. The topological polar surface area (TPSA) is 78.9 Å². The molecule has 0 aliphatic heterocycles. The Labute approximate surface area is 116 Å². The second-order valence-electron chi connectivity index (χ2n) is 4.09. The Hall–Kier alpha value is -2.37. The third kappa shape index (κ3) is 5.99. The van der Waals surface area contributed by atoms with E-state index >= 15 is 0 Å². The Morgan fingerprint density at radius 1 is 0.850 bits per heavy atom. The molecule has 0 aromatic heterocycles. The van der Waals surface area contributed by atoms with Gasteiger partial charge in [-0.05, 0) is 17.7 Å². The number of esters is 3. The van der Waals surface area contributed by atoms with E-state index in [1.54, 1.807) is 12.1 Å². The predicted octanol–water partition coefficient (Wildman–Crippen LogP) is 1.64. The first-order valence-corrected chi connectivity index (χ1v) is 6.01. The second kappa shape index (κ2) is 7.28. The zero-order valence-electron chi connectivity index (χ0n) is 11.6. The molecule has 1 aromatic rings. The lowest BCUT2D eigenvalue weighted by molar-refractivity contribution is -0.140. The molecule has 0 saturated carbocycles. The smallest absolute Gasteiger partial charge is 0.308 e. The summed E-state index contributed by atoms with van der Waals surface area (Å²) >= 11 is 0. The Balaban J connectivity index is 2.87. The van der Waals surface area contributed by atoms with E-state index in [2.05, 4.69) is 0 Å². The molecule has 0 aliphatic rings. The minimum Gasteiger partial charge on any atom is -0.466 e. The Kier molecular flexibility index (Phi) is 5.71. The van der Waals surface area contributed by atoms with Gasteiger partial charge in [-0.3, -0.25) is 14.4 Å². The quantitative estimate of drug-likeness (QED) is 0.602. The van der Waals surface area contributed by atoms with Gasteiger partial charge in [0.05, 0.1) is 6.61 Å². The van der Waals surface area contributed by atoms with Crippen molar-refractivity contribution < 1.29 is 28.6 Å². The average Bonchev–Trinajstić information content (AvgIpc) is 2.25. The molecule has 0 atom stereocenters. The Bertz CT molecular complexity index is 486. The molecule has 1 rings (SSSR count). The number of carbonyl (C=O) groups excluding carboxylic acids is 3. The highest BCUT2D eigenvalue weighted by molar-refractivity contribution is 5.71. The fourth-order valence-electron chi connectivity index (χ4n) is 1.54. The van der Waals surface area contributed by atoms with Crippen molar-refractivity contribution in [2.45, 2.75) is 27.2 Å². The highest BCUT2D eigenvalue weighted by Crippen LogP contribution is 2.24. The molecule has 108 valence electrons. The van der Waals surface area contributed by atoms with Crippen LogP contribution in [-0.4, -0.2) is 24.5 Å². The van der Waals surface area contributed by atoms with Crippen LogP contribution >= 0.6 is 0 Å². The number of benzene rings is 1. The molecule has 6 nitrogen and oxygen atoms in total. The molecule has 6 heteroatoms. The standard InChI is InChI=1S/C14H16O6/c1-9(15)18-5-4-12-6-13(19-10(2)16)8-14(7-12)20-11(3)17/h6-8H,4-5H2,1-3H3. The molecule has 1 aromatic carbocycles. The van der Waals surface area contributed by atoms with Gasteiger partial charge in [0.25, 0.3) is 0 Å². The molecule has 0 fully saturated rings. The van der Waals surface area contributed by atoms with Gasteiger partial charge in [0.1, 0.15) is 11.5 Å². The summed E-state index contributed by atoms with van der Waals surface area (Å²) in [5.41, 5.74) is 0.723. The molecule has 20 heavy (non-hydrogen) atoms. The first-order chi connectivity index (χ1) is 9.36. The molecule has 0 N–H and O–H groups in total. The van der Waals surface area contributed by atoms with E-state index in [0.717, 1.165) is 5.56 Å². The zero-order valence-corrected chi connectivity index (χ0v) is 11.6. The van der Waals surface area contributed by atoms with Gasteiger partial charge in [0, 0.05) is 33.3 Å². The minimum atomic E-state index is -0.476. The van der Waals surface area contributed by atoms with Gasteiger partial charge in [0.2, 0.25) is 0 Å².